The fourth-order valence-electron chi connectivity index (χ4n) is 4.02. The van der Waals surface area contributed by atoms with E-state index in [0.717, 1.165) is 35.2 Å². The summed E-state index contributed by atoms with van der Waals surface area (Å²) < 4.78 is 4.11. The minimum atomic E-state index is -0.156. The van der Waals surface area contributed by atoms with E-state index in [2.05, 4.69) is 51.4 Å². The number of benzene rings is 3. The highest BCUT2D eigenvalue weighted by molar-refractivity contribution is 6.11. The van der Waals surface area contributed by atoms with E-state index in [0.29, 0.717) is 5.56 Å². The monoisotopic (exact) mass is 383 g/mol. The van der Waals surface area contributed by atoms with Gasteiger partial charge in [0, 0.05) is 46.1 Å². The molecule has 144 valence electrons. The van der Waals surface area contributed by atoms with E-state index >= 15 is 0 Å². The van der Waals surface area contributed by atoms with Crippen LogP contribution in [-0.4, -0.2) is 25.5 Å². The molecule has 0 atom stereocenters. The van der Waals surface area contributed by atoms with Crippen LogP contribution in [-0.2, 0) is 13.1 Å². The molecule has 5 rings (SSSR count). The number of nitrogens with zero attached hydrogens (tertiary/aromatic N) is 4. The highest BCUT2D eigenvalue weighted by Crippen LogP contribution is 2.31. The summed E-state index contributed by atoms with van der Waals surface area (Å²) in [6, 6.07) is 19.9. The summed E-state index contributed by atoms with van der Waals surface area (Å²) in [6.45, 7) is 5.80. The number of rotatable bonds is 4. The average Bonchev–Trinajstić information content (AvgIpc) is 3.31. The number of hydrogen-bond acceptors (Lipinski definition) is 3. The Balaban J connectivity index is 1.51. The molecule has 2 aromatic heterocycles. The van der Waals surface area contributed by atoms with Gasteiger partial charge in [-0.2, -0.15) is 0 Å². The van der Waals surface area contributed by atoms with Gasteiger partial charge in [0.2, 0.25) is 0 Å². The standard InChI is InChI=1S/C23H21N5O/c1-3-27-20-8-6-5-7-17(20)18-14-16(10-12-21(18)27)24-23(29)15-9-11-22-19(13-15)25-26-28(22)4-2/h5-14H,3-4H2,1-2H3,(H,24,29). The van der Waals surface area contributed by atoms with Crippen LogP contribution in [0, 0.1) is 0 Å². The van der Waals surface area contributed by atoms with Crippen molar-refractivity contribution in [2.45, 2.75) is 26.9 Å². The maximum atomic E-state index is 12.8. The van der Waals surface area contributed by atoms with E-state index in [4.69, 9.17) is 0 Å². The first-order valence-corrected chi connectivity index (χ1v) is 9.85. The van der Waals surface area contributed by atoms with Crippen LogP contribution < -0.4 is 5.32 Å². The van der Waals surface area contributed by atoms with Gasteiger partial charge >= 0.3 is 0 Å². The molecule has 0 aliphatic carbocycles. The second kappa shape index (κ2) is 6.74. The third-order valence-corrected chi connectivity index (χ3v) is 5.42. The number of aryl methyl sites for hydroxylation is 2. The molecular formula is C23H21N5O. The molecule has 0 saturated carbocycles. The van der Waals surface area contributed by atoms with Crippen LogP contribution >= 0.6 is 0 Å². The van der Waals surface area contributed by atoms with E-state index in [1.165, 1.54) is 16.4 Å². The quantitative estimate of drug-likeness (QED) is 0.483. The van der Waals surface area contributed by atoms with E-state index < -0.39 is 0 Å². The van der Waals surface area contributed by atoms with Crippen molar-refractivity contribution in [2.75, 3.05) is 5.32 Å². The van der Waals surface area contributed by atoms with Gasteiger partial charge in [0.15, 0.2) is 0 Å². The molecule has 0 bridgehead atoms. The van der Waals surface area contributed by atoms with Crippen molar-refractivity contribution < 1.29 is 4.79 Å². The van der Waals surface area contributed by atoms with Crippen LogP contribution in [0.5, 0.6) is 0 Å². The first kappa shape index (κ1) is 17.4. The Kier molecular flexibility index (Phi) is 4.05. The maximum absolute atomic E-state index is 12.8. The molecule has 1 N–H and O–H groups in total. The molecule has 0 fully saturated rings. The second-order valence-corrected chi connectivity index (χ2v) is 7.06. The molecule has 0 spiro atoms. The fourth-order valence-corrected chi connectivity index (χ4v) is 4.02. The zero-order valence-corrected chi connectivity index (χ0v) is 16.4. The summed E-state index contributed by atoms with van der Waals surface area (Å²) in [5, 5.41) is 13.6. The molecule has 6 nitrogen and oxygen atoms in total. The van der Waals surface area contributed by atoms with Crippen LogP contribution in [0.2, 0.25) is 0 Å². The minimum Gasteiger partial charge on any atom is -0.341 e. The summed E-state index contributed by atoms with van der Waals surface area (Å²) in [5.74, 6) is -0.156. The third kappa shape index (κ3) is 2.76. The van der Waals surface area contributed by atoms with E-state index in [9.17, 15) is 4.79 Å². The molecule has 5 aromatic rings. The Morgan fingerprint density at radius 1 is 0.897 bits per heavy atom. The molecule has 29 heavy (non-hydrogen) atoms. The highest BCUT2D eigenvalue weighted by atomic mass is 16.1. The van der Waals surface area contributed by atoms with Crippen molar-refractivity contribution in [3.8, 4) is 0 Å². The van der Waals surface area contributed by atoms with Crippen molar-refractivity contribution in [1.29, 1.82) is 0 Å². The average molecular weight is 383 g/mol. The number of amides is 1. The lowest BCUT2D eigenvalue weighted by Gasteiger charge is -2.07. The lowest BCUT2D eigenvalue weighted by molar-refractivity contribution is 0.102. The summed E-state index contributed by atoms with van der Waals surface area (Å²) in [4.78, 5) is 12.8. The first-order chi connectivity index (χ1) is 14.2. The van der Waals surface area contributed by atoms with Gasteiger partial charge in [0.1, 0.15) is 5.52 Å². The molecule has 0 aliphatic rings. The SMILES string of the molecule is CCn1nnc2cc(C(=O)Nc3ccc4c(c3)c3ccccc3n4CC)ccc21. The molecule has 0 radical (unpaired) electrons. The number of carbonyl (C=O) groups excluding carboxylic acids is 1. The Labute approximate surface area is 167 Å². The summed E-state index contributed by atoms with van der Waals surface area (Å²) in [5.41, 5.74) is 5.37. The predicted octanol–water partition coefficient (Wildman–Crippen LogP) is 4.83. The molecule has 3 aromatic carbocycles. The largest absolute Gasteiger partial charge is 0.341 e. The first-order valence-electron chi connectivity index (χ1n) is 9.85. The van der Waals surface area contributed by atoms with Gasteiger partial charge in [-0.25, -0.2) is 4.68 Å². The normalized spacial score (nSPS) is 11.5. The number of hydrogen-bond donors (Lipinski definition) is 1. The smallest absolute Gasteiger partial charge is 0.255 e. The molecular weight excluding hydrogens is 362 g/mol. The van der Waals surface area contributed by atoms with Crippen LogP contribution in [0.15, 0.2) is 60.7 Å². The number of carbonyl (C=O) groups is 1. The molecule has 6 heteroatoms. The van der Waals surface area contributed by atoms with Gasteiger partial charge in [-0.05, 0) is 56.3 Å². The van der Waals surface area contributed by atoms with Gasteiger partial charge < -0.3 is 9.88 Å². The van der Waals surface area contributed by atoms with Crippen molar-refractivity contribution in [3.63, 3.8) is 0 Å². The number of para-hydroxylation sites is 1. The molecule has 2 heterocycles. The number of fused-ring (bicyclic) bond motifs is 4. The van der Waals surface area contributed by atoms with Crippen molar-refractivity contribution in [3.05, 3.63) is 66.2 Å². The van der Waals surface area contributed by atoms with Crippen LogP contribution in [0.4, 0.5) is 5.69 Å². The Morgan fingerprint density at radius 2 is 1.69 bits per heavy atom. The molecule has 1 amide bonds. The predicted molar refractivity (Wildman–Crippen MR) is 116 cm³/mol. The van der Waals surface area contributed by atoms with Gasteiger partial charge in [-0.3, -0.25) is 4.79 Å². The number of aromatic nitrogens is 4. The van der Waals surface area contributed by atoms with Crippen molar-refractivity contribution in [1.82, 2.24) is 19.6 Å². The minimum absolute atomic E-state index is 0.156. The van der Waals surface area contributed by atoms with E-state index in [1.54, 1.807) is 6.07 Å². The Bertz CT molecular complexity index is 1380. The van der Waals surface area contributed by atoms with Gasteiger partial charge in [0.25, 0.3) is 5.91 Å². The van der Waals surface area contributed by atoms with Gasteiger partial charge in [-0.15, -0.1) is 5.10 Å². The van der Waals surface area contributed by atoms with Crippen molar-refractivity contribution >= 4 is 44.4 Å². The molecule has 0 unspecified atom stereocenters. The van der Waals surface area contributed by atoms with Crippen LogP contribution in [0.3, 0.4) is 0 Å². The zero-order chi connectivity index (χ0) is 20.0. The summed E-state index contributed by atoms with van der Waals surface area (Å²) in [7, 11) is 0. The van der Waals surface area contributed by atoms with Crippen LogP contribution in [0.25, 0.3) is 32.8 Å². The second-order valence-electron chi connectivity index (χ2n) is 7.06. The van der Waals surface area contributed by atoms with Crippen molar-refractivity contribution in [2.24, 2.45) is 0 Å². The Hall–Kier alpha value is -3.67. The van der Waals surface area contributed by atoms with Crippen LogP contribution in [0.1, 0.15) is 24.2 Å². The zero-order valence-electron chi connectivity index (χ0n) is 16.4. The lowest BCUT2D eigenvalue weighted by Crippen LogP contribution is -2.11. The fraction of sp³-hybridized carbons (Fsp3) is 0.174. The van der Waals surface area contributed by atoms with Gasteiger partial charge in [-0.1, -0.05) is 23.4 Å². The van der Waals surface area contributed by atoms with E-state index in [-0.39, 0.29) is 5.91 Å². The third-order valence-electron chi connectivity index (χ3n) is 5.42. The summed E-state index contributed by atoms with van der Waals surface area (Å²) in [6.07, 6.45) is 0. The topological polar surface area (TPSA) is 64.7 Å². The summed E-state index contributed by atoms with van der Waals surface area (Å²) >= 11 is 0. The maximum Gasteiger partial charge on any atom is 0.255 e. The van der Waals surface area contributed by atoms with Gasteiger partial charge in [0.05, 0.1) is 5.52 Å². The lowest BCUT2D eigenvalue weighted by atomic mass is 10.1. The van der Waals surface area contributed by atoms with E-state index in [1.807, 2.05) is 41.9 Å². The number of nitrogens with one attached hydrogen (secondary N) is 1. The Morgan fingerprint density at radius 3 is 2.52 bits per heavy atom. The molecule has 0 saturated heterocycles. The highest BCUT2D eigenvalue weighted by Gasteiger charge is 2.13. The molecule has 0 aliphatic heterocycles. The number of anilines is 1.